The number of nitrogens with zero attached hydrogens (tertiary/aromatic N) is 6. The van der Waals surface area contributed by atoms with Crippen LogP contribution >= 0.6 is 0 Å². The zero-order valence-corrected chi connectivity index (χ0v) is 40.1. The molecule has 0 saturated carbocycles. The Kier molecular flexibility index (Phi) is 12.3. The topological polar surface area (TPSA) is 82.5 Å². The molecule has 7 nitrogen and oxygen atoms in total. The molecule has 0 N–H and O–H groups in total. The Labute approximate surface area is 370 Å². The molecule has 0 bridgehead atoms. The summed E-state index contributed by atoms with van der Waals surface area (Å²) < 4.78 is 18.4. The Morgan fingerprint density at radius 2 is 1.42 bits per heavy atom. The molecule has 9 aromatic rings. The number of furan rings is 1. The molecule has 0 atom stereocenters. The first-order valence-corrected chi connectivity index (χ1v) is 27.7. The third kappa shape index (κ3) is 8.38. The van der Waals surface area contributed by atoms with Gasteiger partial charge < -0.3 is 8.98 Å². The van der Waals surface area contributed by atoms with E-state index in [2.05, 4.69) is 137 Å². The molecule has 0 spiro atoms. The monoisotopic (exact) mass is 1030 g/mol. The van der Waals surface area contributed by atoms with E-state index in [-0.39, 0.29) is 31.9 Å². The Hall–Kier alpha value is -5.28. The van der Waals surface area contributed by atoms with Crippen molar-refractivity contribution >= 4 is 50.8 Å². The van der Waals surface area contributed by atoms with Gasteiger partial charge in [-0.3, -0.25) is 4.98 Å². The molecule has 9 rings (SSSR count). The molecule has 5 aromatic carbocycles. The van der Waals surface area contributed by atoms with Crippen LogP contribution in [0.2, 0.25) is 17.3 Å². The van der Waals surface area contributed by atoms with Gasteiger partial charge in [-0.05, 0) is 57.5 Å². The third-order valence-corrected chi connectivity index (χ3v) is 15.0. The second-order valence-corrected chi connectivity index (χ2v) is 27.5. The SMILES string of the molecule is CC(C)c1cc(-c2ccccc2)cc(C(C)C)c1-n1c(-c2[c-]ccc3c2oc2ccccc23)nc2nnncc21.[2H]C(C)(C)c1cc(-c2[c-]cccc2)nc[c]1[Ge]([CH3])([CH3])[CH3].[Ir]. The van der Waals surface area contributed by atoms with E-state index in [0.29, 0.717) is 11.5 Å². The first-order chi connectivity index (χ1) is 28.7. The van der Waals surface area contributed by atoms with Gasteiger partial charge in [0.1, 0.15) is 11.1 Å². The summed E-state index contributed by atoms with van der Waals surface area (Å²) >= 11 is -2.03. The predicted octanol–water partition coefficient (Wildman–Crippen LogP) is 12.7. The summed E-state index contributed by atoms with van der Waals surface area (Å²) in [6, 6.07) is 43.9. The minimum absolute atomic E-state index is 0. The van der Waals surface area contributed by atoms with Crippen molar-refractivity contribution in [3.05, 3.63) is 150 Å². The maximum Gasteiger partial charge on any atom is 0 e. The van der Waals surface area contributed by atoms with Crippen molar-refractivity contribution in [1.29, 1.82) is 0 Å². The first-order valence-electron chi connectivity index (χ1n) is 20.8. The van der Waals surface area contributed by atoms with Gasteiger partial charge >= 0.3 is 120 Å². The van der Waals surface area contributed by atoms with Gasteiger partial charge in [0, 0.05) is 31.2 Å². The van der Waals surface area contributed by atoms with Crippen molar-refractivity contribution in [1.82, 2.24) is 29.9 Å². The number of rotatable bonds is 8. The largest absolute Gasteiger partial charge is 0 e. The van der Waals surface area contributed by atoms with Gasteiger partial charge in [0.05, 0.1) is 17.6 Å². The molecule has 60 heavy (non-hydrogen) atoms. The van der Waals surface area contributed by atoms with Crippen LogP contribution in [0.4, 0.5) is 0 Å². The molecular weight excluding hydrogens is 977 g/mol. The Morgan fingerprint density at radius 3 is 2.08 bits per heavy atom. The number of hydrogen-bond donors (Lipinski definition) is 0. The molecule has 1 radical (unpaired) electrons. The van der Waals surface area contributed by atoms with E-state index in [9.17, 15) is 0 Å². The molecular formula is C51H50GeIrN6O-2. The van der Waals surface area contributed by atoms with Crippen molar-refractivity contribution in [2.75, 3.05) is 0 Å². The molecule has 4 heterocycles. The number of fused-ring (bicyclic) bond motifs is 4. The van der Waals surface area contributed by atoms with E-state index in [1.54, 1.807) is 6.20 Å². The molecule has 0 amide bonds. The molecule has 0 aliphatic heterocycles. The summed E-state index contributed by atoms with van der Waals surface area (Å²) in [6.07, 6.45) is 3.75. The van der Waals surface area contributed by atoms with Gasteiger partial charge in [-0.2, -0.15) is 0 Å². The molecule has 0 fully saturated rings. The summed E-state index contributed by atoms with van der Waals surface area (Å²) in [5.74, 6) is 7.64. The Balaban J connectivity index is 0.000000226. The average Bonchev–Trinajstić information content (AvgIpc) is 3.82. The van der Waals surface area contributed by atoms with Crippen LogP contribution in [0.1, 0.15) is 77.3 Å². The van der Waals surface area contributed by atoms with Crippen molar-refractivity contribution in [2.45, 2.75) is 76.5 Å². The quantitative estimate of drug-likeness (QED) is 0.111. The fourth-order valence-electron chi connectivity index (χ4n) is 7.79. The first kappa shape index (κ1) is 41.5. The van der Waals surface area contributed by atoms with Crippen LogP contribution in [-0.2, 0) is 20.1 Å². The van der Waals surface area contributed by atoms with Crippen molar-refractivity contribution in [3.63, 3.8) is 0 Å². The van der Waals surface area contributed by atoms with Crippen molar-refractivity contribution in [2.24, 2.45) is 0 Å². The number of para-hydroxylation sites is 1. The van der Waals surface area contributed by atoms with E-state index in [1.807, 2.05) is 74.6 Å². The number of pyridine rings is 1. The smallest absolute Gasteiger partial charge is 0 e. The minimum Gasteiger partial charge on any atom is 0 e. The second kappa shape index (κ2) is 17.7. The van der Waals surface area contributed by atoms with E-state index >= 15 is 0 Å². The Bertz CT molecular complexity index is 2940. The van der Waals surface area contributed by atoms with Crippen LogP contribution in [0.5, 0.6) is 0 Å². The summed E-state index contributed by atoms with van der Waals surface area (Å²) in [5, 5.41) is 14.5. The molecule has 9 heteroatoms. The van der Waals surface area contributed by atoms with Gasteiger partial charge in [-0.1, -0.05) is 87.2 Å². The Morgan fingerprint density at radius 1 is 0.717 bits per heavy atom. The van der Waals surface area contributed by atoms with Crippen molar-refractivity contribution in [3.8, 4) is 39.5 Å². The summed E-state index contributed by atoms with van der Waals surface area (Å²) in [5.41, 5.74) is 12.6. The van der Waals surface area contributed by atoms with Crippen LogP contribution in [-0.4, -0.2) is 43.2 Å². The molecule has 0 saturated heterocycles. The predicted molar refractivity (Wildman–Crippen MR) is 245 cm³/mol. The summed E-state index contributed by atoms with van der Waals surface area (Å²) in [6.45, 7) is 12.9. The zero-order chi connectivity index (χ0) is 42.3. The maximum atomic E-state index is 8.44. The number of imidazole rings is 1. The van der Waals surface area contributed by atoms with Gasteiger partial charge in [0.2, 0.25) is 0 Å². The number of aromatic nitrogens is 6. The van der Waals surface area contributed by atoms with E-state index < -0.39 is 19.2 Å². The van der Waals surface area contributed by atoms with Crippen LogP contribution in [0, 0.1) is 12.1 Å². The van der Waals surface area contributed by atoms with Crippen LogP contribution < -0.4 is 4.40 Å². The van der Waals surface area contributed by atoms with Gasteiger partial charge in [0.25, 0.3) is 0 Å². The van der Waals surface area contributed by atoms with Crippen LogP contribution in [0.3, 0.4) is 0 Å². The second-order valence-electron chi connectivity index (χ2n) is 16.9. The van der Waals surface area contributed by atoms with Gasteiger partial charge in [0.15, 0.2) is 5.65 Å². The minimum atomic E-state index is -2.03. The molecule has 0 aliphatic rings. The van der Waals surface area contributed by atoms with E-state index in [1.165, 1.54) is 26.6 Å². The number of benzene rings is 5. The fraction of sp³-hybridized carbons (Fsp3) is 0.235. The van der Waals surface area contributed by atoms with Crippen LogP contribution in [0.25, 0.3) is 72.6 Å². The molecule has 4 aromatic heterocycles. The third-order valence-electron chi connectivity index (χ3n) is 10.8. The fourth-order valence-corrected chi connectivity index (χ4v) is 11.1. The van der Waals surface area contributed by atoms with Crippen molar-refractivity contribution < 1.29 is 25.9 Å². The average molecular weight is 1030 g/mol. The summed E-state index contributed by atoms with van der Waals surface area (Å²) in [4.78, 5) is 9.64. The number of hydrogen-bond acceptors (Lipinski definition) is 6. The molecule has 305 valence electrons. The zero-order valence-electron chi connectivity index (χ0n) is 36.6. The van der Waals surface area contributed by atoms with E-state index in [4.69, 9.17) is 10.8 Å². The molecule has 0 unspecified atom stereocenters. The standard InChI is InChI=1S/C34H28N5O.C17H22GeN.Ir/c1-20(2)27-17-23(22-11-6-5-7-12-22)18-28(21(3)4)31(27)39-29-19-35-38-37-33(29)36-34(39)26-15-10-14-25-24-13-8-9-16-30(24)40-32(25)26;1-13(2)15-11-17(14-9-7-6-8-10-14)19-12-16(15)18(3,4)5;/h5-14,16-21H,1-4H3;6-9,11-13H,1-5H3;/q2*-1;/i;13D;. The normalized spacial score (nSPS) is 12.2. The van der Waals surface area contributed by atoms with Crippen LogP contribution in [0.15, 0.2) is 126 Å². The van der Waals surface area contributed by atoms with Gasteiger partial charge in [-0.15, -0.1) is 28.4 Å². The van der Waals surface area contributed by atoms with E-state index in [0.717, 1.165) is 55.5 Å². The van der Waals surface area contributed by atoms with Gasteiger partial charge in [-0.25, -0.2) is 0 Å². The molecule has 0 aliphatic carbocycles. The maximum absolute atomic E-state index is 8.44. The summed E-state index contributed by atoms with van der Waals surface area (Å²) in [7, 11) is 0.